The summed E-state index contributed by atoms with van der Waals surface area (Å²) in [5.41, 5.74) is 3.93. The lowest BCUT2D eigenvalue weighted by Gasteiger charge is -2.20. The predicted octanol–water partition coefficient (Wildman–Crippen LogP) is 3.28. The van der Waals surface area contributed by atoms with Crippen molar-refractivity contribution in [2.75, 3.05) is 6.54 Å². The standard InChI is InChI=1S/C15H13F2N/c16-12-6-11(7-13(17)8-12)14-3-1-2-10-4-5-18-9-15(10)14/h1-3,6-8,18H,4-5,9H2. The number of nitrogens with one attached hydrogen (secondary N) is 1. The fourth-order valence-corrected chi connectivity index (χ4v) is 2.49. The van der Waals surface area contributed by atoms with Crippen molar-refractivity contribution in [3.8, 4) is 11.1 Å². The molecule has 18 heavy (non-hydrogen) atoms. The van der Waals surface area contributed by atoms with E-state index in [9.17, 15) is 8.78 Å². The molecule has 0 aliphatic carbocycles. The predicted molar refractivity (Wildman–Crippen MR) is 67.2 cm³/mol. The first-order valence-corrected chi connectivity index (χ1v) is 6.02. The molecule has 0 bridgehead atoms. The normalized spacial score (nSPS) is 14.3. The molecule has 0 fully saturated rings. The van der Waals surface area contributed by atoms with Gasteiger partial charge >= 0.3 is 0 Å². The van der Waals surface area contributed by atoms with E-state index in [1.165, 1.54) is 17.7 Å². The molecule has 3 rings (SSSR count). The molecule has 0 spiro atoms. The second kappa shape index (κ2) is 4.50. The van der Waals surface area contributed by atoms with Crippen LogP contribution in [0.4, 0.5) is 8.78 Å². The Morgan fingerprint density at radius 1 is 1.00 bits per heavy atom. The molecule has 92 valence electrons. The lowest BCUT2D eigenvalue weighted by molar-refractivity contribution is 0.584. The van der Waals surface area contributed by atoms with Crippen LogP contribution in [0.25, 0.3) is 11.1 Å². The average molecular weight is 245 g/mol. The third-order valence-electron chi connectivity index (χ3n) is 3.32. The second-order valence-electron chi connectivity index (χ2n) is 4.53. The van der Waals surface area contributed by atoms with Crippen LogP contribution in [0, 0.1) is 11.6 Å². The first-order valence-electron chi connectivity index (χ1n) is 6.02. The fourth-order valence-electron chi connectivity index (χ4n) is 2.49. The van der Waals surface area contributed by atoms with Crippen LogP contribution in [0.3, 0.4) is 0 Å². The number of fused-ring (bicyclic) bond motifs is 1. The third kappa shape index (κ3) is 2.02. The maximum absolute atomic E-state index is 13.3. The zero-order valence-corrected chi connectivity index (χ0v) is 9.84. The first-order chi connectivity index (χ1) is 8.74. The molecule has 1 aliphatic rings. The minimum Gasteiger partial charge on any atom is -0.312 e. The van der Waals surface area contributed by atoms with Crippen LogP contribution >= 0.6 is 0 Å². The average Bonchev–Trinajstić information content (AvgIpc) is 2.37. The third-order valence-corrected chi connectivity index (χ3v) is 3.32. The van der Waals surface area contributed by atoms with Crippen LogP contribution in [-0.2, 0) is 13.0 Å². The molecule has 0 unspecified atom stereocenters. The van der Waals surface area contributed by atoms with E-state index in [0.717, 1.165) is 36.7 Å². The van der Waals surface area contributed by atoms with Gasteiger partial charge in [-0.1, -0.05) is 18.2 Å². The first kappa shape index (κ1) is 11.4. The summed E-state index contributed by atoms with van der Waals surface area (Å²) in [6.45, 7) is 1.71. The van der Waals surface area contributed by atoms with E-state index in [4.69, 9.17) is 0 Å². The van der Waals surface area contributed by atoms with Crippen LogP contribution < -0.4 is 5.32 Å². The number of benzene rings is 2. The Labute approximate surface area is 104 Å². The topological polar surface area (TPSA) is 12.0 Å². The van der Waals surface area contributed by atoms with Crippen LogP contribution in [0.1, 0.15) is 11.1 Å². The fraction of sp³-hybridized carbons (Fsp3) is 0.200. The monoisotopic (exact) mass is 245 g/mol. The van der Waals surface area contributed by atoms with Gasteiger partial charge in [-0.15, -0.1) is 0 Å². The Balaban J connectivity index is 2.16. The van der Waals surface area contributed by atoms with E-state index in [-0.39, 0.29) is 0 Å². The van der Waals surface area contributed by atoms with E-state index in [1.807, 2.05) is 12.1 Å². The summed E-state index contributed by atoms with van der Waals surface area (Å²) in [4.78, 5) is 0. The molecule has 0 atom stereocenters. The van der Waals surface area contributed by atoms with Crippen molar-refractivity contribution in [1.29, 1.82) is 0 Å². The van der Waals surface area contributed by atoms with Crippen molar-refractivity contribution in [3.63, 3.8) is 0 Å². The summed E-state index contributed by atoms with van der Waals surface area (Å²) in [5.74, 6) is -1.07. The summed E-state index contributed by atoms with van der Waals surface area (Å²) in [6.07, 6.45) is 0.959. The molecule has 0 saturated carbocycles. The number of hydrogen-bond donors (Lipinski definition) is 1. The maximum atomic E-state index is 13.3. The molecule has 2 aromatic rings. The number of hydrogen-bond acceptors (Lipinski definition) is 1. The van der Waals surface area contributed by atoms with E-state index in [2.05, 4.69) is 11.4 Å². The van der Waals surface area contributed by atoms with E-state index in [1.54, 1.807) is 0 Å². The van der Waals surface area contributed by atoms with Crippen LogP contribution in [0.2, 0.25) is 0 Å². The quantitative estimate of drug-likeness (QED) is 0.813. The minimum absolute atomic E-state index is 0.536. The summed E-state index contributed by atoms with van der Waals surface area (Å²) < 4.78 is 26.6. The van der Waals surface area contributed by atoms with Gasteiger partial charge in [0, 0.05) is 12.6 Å². The van der Waals surface area contributed by atoms with Gasteiger partial charge < -0.3 is 5.32 Å². The number of halogens is 2. The summed E-state index contributed by atoms with van der Waals surface area (Å²) >= 11 is 0. The van der Waals surface area contributed by atoms with E-state index >= 15 is 0 Å². The highest BCUT2D eigenvalue weighted by Crippen LogP contribution is 2.29. The van der Waals surface area contributed by atoms with Crippen molar-refractivity contribution in [3.05, 3.63) is 59.2 Å². The molecule has 2 aromatic carbocycles. The summed E-state index contributed by atoms with van der Waals surface area (Å²) in [6, 6.07) is 9.61. The SMILES string of the molecule is Fc1cc(F)cc(-c2cccc3c2CNCC3)c1. The highest BCUT2D eigenvalue weighted by molar-refractivity contribution is 5.69. The van der Waals surface area contributed by atoms with Crippen molar-refractivity contribution < 1.29 is 8.78 Å². The molecule has 1 heterocycles. The van der Waals surface area contributed by atoms with Gasteiger partial charge in [0.1, 0.15) is 11.6 Å². The molecule has 0 saturated heterocycles. The molecule has 1 aliphatic heterocycles. The zero-order chi connectivity index (χ0) is 12.5. The van der Waals surface area contributed by atoms with Gasteiger partial charge in [-0.05, 0) is 47.4 Å². The Morgan fingerprint density at radius 3 is 2.56 bits per heavy atom. The van der Waals surface area contributed by atoms with E-state index < -0.39 is 11.6 Å². The van der Waals surface area contributed by atoms with Crippen molar-refractivity contribution in [2.24, 2.45) is 0 Å². The molecule has 1 N–H and O–H groups in total. The molecule has 0 radical (unpaired) electrons. The Hall–Kier alpha value is -1.74. The van der Waals surface area contributed by atoms with Gasteiger partial charge in [0.05, 0.1) is 0 Å². The second-order valence-corrected chi connectivity index (χ2v) is 4.53. The van der Waals surface area contributed by atoms with Gasteiger partial charge in [0.25, 0.3) is 0 Å². The van der Waals surface area contributed by atoms with Crippen molar-refractivity contribution in [1.82, 2.24) is 5.32 Å². The van der Waals surface area contributed by atoms with Gasteiger partial charge in [-0.25, -0.2) is 8.78 Å². The molecule has 0 aromatic heterocycles. The Bertz CT molecular complexity index is 573. The van der Waals surface area contributed by atoms with Crippen LogP contribution in [0.5, 0.6) is 0 Å². The Morgan fingerprint density at radius 2 is 1.78 bits per heavy atom. The van der Waals surface area contributed by atoms with Crippen LogP contribution in [0.15, 0.2) is 36.4 Å². The van der Waals surface area contributed by atoms with Crippen LogP contribution in [-0.4, -0.2) is 6.54 Å². The Kier molecular flexibility index (Phi) is 2.84. The molecular weight excluding hydrogens is 232 g/mol. The smallest absolute Gasteiger partial charge is 0.126 e. The zero-order valence-electron chi connectivity index (χ0n) is 9.84. The van der Waals surface area contributed by atoms with E-state index in [0.29, 0.717) is 5.56 Å². The molecule has 3 heteroatoms. The summed E-state index contributed by atoms with van der Waals surface area (Å²) in [5, 5.41) is 3.29. The van der Waals surface area contributed by atoms with Gasteiger partial charge in [-0.2, -0.15) is 0 Å². The maximum Gasteiger partial charge on any atom is 0.126 e. The molecule has 0 amide bonds. The summed E-state index contributed by atoms with van der Waals surface area (Å²) in [7, 11) is 0. The number of rotatable bonds is 1. The molecule has 1 nitrogen and oxygen atoms in total. The van der Waals surface area contributed by atoms with Gasteiger partial charge in [0.2, 0.25) is 0 Å². The van der Waals surface area contributed by atoms with Gasteiger partial charge in [0.15, 0.2) is 0 Å². The minimum atomic E-state index is -0.536. The largest absolute Gasteiger partial charge is 0.312 e. The van der Waals surface area contributed by atoms with Crippen molar-refractivity contribution >= 4 is 0 Å². The highest BCUT2D eigenvalue weighted by atomic mass is 19.1. The van der Waals surface area contributed by atoms with Gasteiger partial charge in [-0.3, -0.25) is 0 Å². The lowest BCUT2D eigenvalue weighted by atomic mass is 9.92. The van der Waals surface area contributed by atoms with Crippen molar-refractivity contribution in [2.45, 2.75) is 13.0 Å². The lowest BCUT2D eigenvalue weighted by Crippen LogP contribution is -2.24. The highest BCUT2D eigenvalue weighted by Gasteiger charge is 2.14. The molecular formula is C15H13F2N.